The Bertz CT molecular complexity index is 905. The molecule has 6 heteroatoms. The van der Waals surface area contributed by atoms with Crippen LogP contribution < -0.4 is 0 Å². The fraction of sp³-hybridized carbons (Fsp3) is 0.118. The summed E-state index contributed by atoms with van der Waals surface area (Å²) >= 11 is 12.1. The van der Waals surface area contributed by atoms with Gasteiger partial charge in [-0.3, -0.25) is 4.79 Å². The zero-order valence-corrected chi connectivity index (χ0v) is 13.4. The molecule has 0 aliphatic carbocycles. The molecule has 0 radical (unpaired) electrons. The molecule has 0 aliphatic rings. The highest BCUT2D eigenvalue weighted by Gasteiger charge is 2.13. The molecule has 0 aliphatic heterocycles. The van der Waals surface area contributed by atoms with E-state index in [1.165, 1.54) is 12.1 Å². The number of aliphatic carboxylic acids is 1. The summed E-state index contributed by atoms with van der Waals surface area (Å²) in [6.45, 7) is 0.414. The van der Waals surface area contributed by atoms with Gasteiger partial charge in [-0.15, -0.1) is 0 Å². The van der Waals surface area contributed by atoms with Crippen LogP contribution in [0.2, 0.25) is 10.0 Å². The molecule has 0 amide bonds. The number of benzene rings is 2. The zero-order valence-electron chi connectivity index (χ0n) is 11.9. The third-order valence-electron chi connectivity index (χ3n) is 3.62. The van der Waals surface area contributed by atoms with Crippen LogP contribution in [-0.4, -0.2) is 15.6 Å². The molecule has 3 nitrogen and oxygen atoms in total. The minimum absolute atomic E-state index is 0.0962. The summed E-state index contributed by atoms with van der Waals surface area (Å²) < 4.78 is 15.1. The van der Waals surface area contributed by atoms with E-state index in [2.05, 4.69) is 0 Å². The van der Waals surface area contributed by atoms with Crippen LogP contribution in [0.25, 0.3) is 10.9 Å². The molecule has 3 rings (SSSR count). The lowest BCUT2D eigenvalue weighted by molar-refractivity contribution is -0.136. The van der Waals surface area contributed by atoms with Crippen molar-refractivity contribution in [2.24, 2.45) is 0 Å². The second-order valence-corrected chi connectivity index (χ2v) is 6.09. The second-order valence-electron chi connectivity index (χ2n) is 5.25. The van der Waals surface area contributed by atoms with E-state index in [1.807, 2.05) is 10.6 Å². The van der Waals surface area contributed by atoms with E-state index >= 15 is 0 Å². The Balaban J connectivity index is 2.08. The largest absolute Gasteiger partial charge is 0.481 e. The Hall–Kier alpha value is -2.04. The van der Waals surface area contributed by atoms with Crippen LogP contribution in [0.4, 0.5) is 4.39 Å². The summed E-state index contributed by atoms with van der Waals surface area (Å²) in [5, 5.41) is 10.7. The highest BCUT2D eigenvalue weighted by atomic mass is 35.5. The first-order valence-electron chi connectivity index (χ1n) is 6.87. The number of fused-ring (bicyclic) bond motifs is 1. The predicted molar refractivity (Wildman–Crippen MR) is 88.8 cm³/mol. The molecule has 0 fully saturated rings. The van der Waals surface area contributed by atoms with Crippen molar-refractivity contribution in [3.8, 4) is 0 Å². The summed E-state index contributed by atoms with van der Waals surface area (Å²) in [7, 11) is 0. The molecule has 3 aromatic rings. The summed E-state index contributed by atoms with van der Waals surface area (Å²) in [5.41, 5.74) is 2.28. The molecular formula is C17H12Cl2FNO2. The van der Waals surface area contributed by atoms with Gasteiger partial charge in [-0.1, -0.05) is 29.3 Å². The number of nitrogens with zero attached hydrogens (tertiary/aromatic N) is 1. The van der Waals surface area contributed by atoms with Crippen molar-refractivity contribution in [1.82, 2.24) is 4.57 Å². The molecule has 0 atom stereocenters. The van der Waals surface area contributed by atoms with Crippen molar-refractivity contribution in [1.29, 1.82) is 0 Å². The van der Waals surface area contributed by atoms with Gasteiger partial charge in [0, 0.05) is 33.7 Å². The van der Waals surface area contributed by atoms with Crippen molar-refractivity contribution in [2.45, 2.75) is 13.0 Å². The molecule has 1 N–H and O–H groups in total. The standard InChI is InChI=1S/C17H12Cl2FNO2/c18-12-2-4-16-14(6-12)11(5-17(22)23)9-21(16)8-10-1-3-13(20)7-15(10)19/h1-4,6-7,9H,5,8H2,(H,22,23). The molecule has 0 saturated heterocycles. The first-order chi connectivity index (χ1) is 10.9. The Kier molecular flexibility index (Phi) is 4.28. The van der Waals surface area contributed by atoms with E-state index in [0.29, 0.717) is 22.2 Å². The molecule has 1 heterocycles. The third kappa shape index (κ3) is 3.33. The average Bonchev–Trinajstić information content (AvgIpc) is 2.78. The van der Waals surface area contributed by atoms with E-state index in [0.717, 1.165) is 16.5 Å². The van der Waals surface area contributed by atoms with E-state index in [1.54, 1.807) is 24.4 Å². The van der Waals surface area contributed by atoms with E-state index in [-0.39, 0.29) is 6.42 Å². The van der Waals surface area contributed by atoms with Crippen LogP contribution >= 0.6 is 23.2 Å². The van der Waals surface area contributed by atoms with Gasteiger partial charge in [-0.05, 0) is 41.5 Å². The molecule has 118 valence electrons. The van der Waals surface area contributed by atoms with E-state index in [4.69, 9.17) is 28.3 Å². The number of carbonyl (C=O) groups is 1. The molecule has 23 heavy (non-hydrogen) atoms. The minimum atomic E-state index is -0.913. The van der Waals surface area contributed by atoms with Gasteiger partial charge in [0.05, 0.1) is 6.42 Å². The Labute approximate surface area is 141 Å². The number of hydrogen-bond acceptors (Lipinski definition) is 1. The highest BCUT2D eigenvalue weighted by Crippen LogP contribution is 2.27. The maximum Gasteiger partial charge on any atom is 0.307 e. The van der Waals surface area contributed by atoms with Gasteiger partial charge in [0.2, 0.25) is 0 Å². The number of aromatic nitrogens is 1. The van der Waals surface area contributed by atoms with Gasteiger partial charge < -0.3 is 9.67 Å². The Morgan fingerprint density at radius 2 is 1.91 bits per heavy atom. The highest BCUT2D eigenvalue weighted by molar-refractivity contribution is 6.31. The monoisotopic (exact) mass is 351 g/mol. The molecule has 2 aromatic carbocycles. The minimum Gasteiger partial charge on any atom is -0.481 e. The summed E-state index contributed by atoms with van der Waals surface area (Å²) in [6.07, 6.45) is 1.68. The van der Waals surface area contributed by atoms with Crippen LogP contribution in [-0.2, 0) is 17.8 Å². The Morgan fingerprint density at radius 1 is 1.13 bits per heavy atom. The third-order valence-corrected chi connectivity index (χ3v) is 4.21. The quantitative estimate of drug-likeness (QED) is 0.735. The van der Waals surface area contributed by atoms with Crippen molar-refractivity contribution >= 4 is 40.1 Å². The maximum atomic E-state index is 13.2. The van der Waals surface area contributed by atoms with Crippen molar-refractivity contribution in [2.75, 3.05) is 0 Å². The van der Waals surface area contributed by atoms with E-state index in [9.17, 15) is 9.18 Å². The lowest BCUT2D eigenvalue weighted by Crippen LogP contribution is -2.00. The van der Waals surface area contributed by atoms with Crippen LogP contribution in [0.15, 0.2) is 42.6 Å². The summed E-state index contributed by atoms with van der Waals surface area (Å²) in [6, 6.07) is 9.56. The molecule has 0 bridgehead atoms. The zero-order chi connectivity index (χ0) is 16.6. The molecule has 0 spiro atoms. The molecule has 0 saturated carbocycles. The summed E-state index contributed by atoms with van der Waals surface area (Å²) in [4.78, 5) is 11.1. The van der Waals surface area contributed by atoms with Crippen LogP contribution in [0.1, 0.15) is 11.1 Å². The van der Waals surface area contributed by atoms with Gasteiger partial charge in [0.25, 0.3) is 0 Å². The first-order valence-corrected chi connectivity index (χ1v) is 7.62. The van der Waals surface area contributed by atoms with E-state index < -0.39 is 11.8 Å². The lowest BCUT2D eigenvalue weighted by Gasteiger charge is -2.08. The molecule has 1 aromatic heterocycles. The van der Waals surface area contributed by atoms with Gasteiger partial charge in [-0.2, -0.15) is 0 Å². The topological polar surface area (TPSA) is 42.2 Å². The molecular weight excluding hydrogens is 340 g/mol. The van der Waals surface area contributed by atoms with Crippen molar-refractivity contribution in [3.05, 3.63) is 69.6 Å². The van der Waals surface area contributed by atoms with Gasteiger partial charge in [0.15, 0.2) is 0 Å². The van der Waals surface area contributed by atoms with Gasteiger partial charge >= 0.3 is 5.97 Å². The smallest absolute Gasteiger partial charge is 0.307 e. The SMILES string of the molecule is O=C(O)Cc1cn(Cc2ccc(F)cc2Cl)c2ccc(Cl)cc12. The Morgan fingerprint density at radius 3 is 2.61 bits per heavy atom. The van der Waals surface area contributed by atoms with Crippen molar-refractivity contribution < 1.29 is 14.3 Å². The molecule has 0 unspecified atom stereocenters. The number of hydrogen-bond donors (Lipinski definition) is 1. The lowest BCUT2D eigenvalue weighted by atomic mass is 10.1. The fourth-order valence-corrected chi connectivity index (χ4v) is 3.01. The second kappa shape index (κ2) is 6.22. The maximum absolute atomic E-state index is 13.2. The first kappa shape index (κ1) is 15.8. The van der Waals surface area contributed by atoms with Gasteiger partial charge in [0.1, 0.15) is 5.82 Å². The normalized spacial score (nSPS) is 11.1. The predicted octanol–water partition coefficient (Wildman–Crippen LogP) is 4.76. The van der Waals surface area contributed by atoms with Crippen LogP contribution in [0, 0.1) is 5.82 Å². The number of halogens is 3. The van der Waals surface area contributed by atoms with Crippen LogP contribution in [0.5, 0.6) is 0 Å². The number of carboxylic acids is 1. The van der Waals surface area contributed by atoms with Crippen LogP contribution in [0.3, 0.4) is 0 Å². The van der Waals surface area contributed by atoms with Gasteiger partial charge in [-0.25, -0.2) is 4.39 Å². The average molecular weight is 352 g/mol. The summed E-state index contributed by atoms with van der Waals surface area (Å²) in [5.74, 6) is -1.31. The fourth-order valence-electron chi connectivity index (χ4n) is 2.61. The van der Waals surface area contributed by atoms with Crippen molar-refractivity contribution in [3.63, 3.8) is 0 Å². The number of rotatable bonds is 4. The number of carboxylic acid groups (broad SMARTS) is 1.